The molecule has 0 aliphatic carbocycles. The highest BCUT2D eigenvalue weighted by molar-refractivity contribution is 5.88. The van der Waals surface area contributed by atoms with Crippen LogP contribution in [0.4, 0.5) is 0 Å². The molecule has 1 rings (SSSR count). The Morgan fingerprint density at radius 3 is 2.82 bits per heavy atom. The fourth-order valence-electron chi connectivity index (χ4n) is 1.79. The molecular weight excluding hydrogens is 222 g/mol. The summed E-state index contributed by atoms with van der Waals surface area (Å²) in [4.78, 5) is 23.0. The van der Waals surface area contributed by atoms with Crippen LogP contribution in [-0.2, 0) is 14.3 Å². The van der Waals surface area contributed by atoms with E-state index < -0.39 is 18.1 Å². The Hall–Kier alpha value is -1.61. The summed E-state index contributed by atoms with van der Waals surface area (Å²) < 4.78 is 5.21. The number of amides is 2. The van der Waals surface area contributed by atoms with Crippen LogP contribution < -0.4 is 11.1 Å². The second-order valence-electron chi connectivity index (χ2n) is 4.23. The predicted molar refractivity (Wildman–Crippen MR) is 59.5 cm³/mol. The van der Waals surface area contributed by atoms with Crippen LogP contribution in [0.15, 0.2) is 0 Å². The van der Waals surface area contributed by atoms with E-state index in [9.17, 15) is 9.59 Å². The van der Waals surface area contributed by atoms with Crippen LogP contribution in [0.1, 0.15) is 26.2 Å². The topological polar surface area (TPSA) is 105 Å². The summed E-state index contributed by atoms with van der Waals surface area (Å²) in [5, 5.41) is 11.1. The first kappa shape index (κ1) is 13.5. The van der Waals surface area contributed by atoms with Crippen molar-refractivity contribution in [1.82, 2.24) is 5.32 Å². The molecule has 17 heavy (non-hydrogen) atoms. The highest BCUT2D eigenvalue weighted by atomic mass is 16.5. The minimum Gasteiger partial charge on any atom is -0.368 e. The van der Waals surface area contributed by atoms with E-state index in [1.165, 1.54) is 0 Å². The number of ether oxygens (including phenoxy) is 1. The maximum absolute atomic E-state index is 11.7. The van der Waals surface area contributed by atoms with Gasteiger partial charge in [0.2, 0.25) is 11.8 Å². The second kappa shape index (κ2) is 6.21. The summed E-state index contributed by atoms with van der Waals surface area (Å²) in [5.74, 6) is -1.25. The summed E-state index contributed by atoms with van der Waals surface area (Å²) in [6.07, 6.45) is 1.17. The van der Waals surface area contributed by atoms with E-state index in [1.54, 1.807) is 6.92 Å². The zero-order valence-corrected chi connectivity index (χ0v) is 9.81. The lowest BCUT2D eigenvalue weighted by atomic mass is 9.98. The number of nitrogens with one attached hydrogen (secondary N) is 1. The fraction of sp³-hybridized carbons (Fsp3) is 0.727. The van der Waals surface area contributed by atoms with Crippen LogP contribution in [0.5, 0.6) is 0 Å². The van der Waals surface area contributed by atoms with Crippen molar-refractivity contribution in [2.75, 3.05) is 6.61 Å². The van der Waals surface area contributed by atoms with Crippen molar-refractivity contribution in [3.63, 3.8) is 0 Å². The molecule has 0 aromatic carbocycles. The van der Waals surface area contributed by atoms with E-state index in [4.69, 9.17) is 15.7 Å². The molecule has 6 nitrogen and oxygen atoms in total. The molecule has 3 N–H and O–H groups in total. The van der Waals surface area contributed by atoms with Crippen molar-refractivity contribution in [2.45, 2.75) is 38.3 Å². The van der Waals surface area contributed by atoms with Gasteiger partial charge in [-0.2, -0.15) is 5.26 Å². The maximum Gasteiger partial charge on any atom is 0.249 e. The number of carbonyl (C=O) groups is 2. The normalized spacial score (nSPS) is 22.5. The number of primary amides is 1. The molecule has 0 unspecified atom stereocenters. The molecule has 1 fully saturated rings. The molecule has 1 saturated heterocycles. The Kier molecular flexibility index (Phi) is 4.91. The molecule has 0 spiro atoms. The van der Waals surface area contributed by atoms with Gasteiger partial charge in [-0.1, -0.05) is 6.92 Å². The van der Waals surface area contributed by atoms with Crippen LogP contribution in [0.3, 0.4) is 0 Å². The third-order valence-electron chi connectivity index (χ3n) is 2.81. The number of hydrogen-bond donors (Lipinski definition) is 2. The summed E-state index contributed by atoms with van der Waals surface area (Å²) in [5.41, 5.74) is 5.21. The summed E-state index contributed by atoms with van der Waals surface area (Å²) in [7, 11) is 0. The smallest absolute Gasteiger partial charge is 0.249 e. The molecule has 0 aromatic rings. The van der Waals surface area contributed by atoms with Crippen LogP contribution in [0.2, 0.25) is 0 Å². The van der Waals surface area contributed by atoms with E-state index in [0.29, 0.717) is 13.0 Å². The first-order valence-electron chi connectivity index (χ1n) is 5.64. The van der Waals surface area contributed by atoms with Crippen molar-refractivity contribution in [3.8, 4) is 6.07 Å². The quantitative estimate of drug-likeness (QED) is 0.686. The zero-order valence-electron chi connectivity index (χ0n) is 9.81. The van der Waals surface area contributed by atoms with Gasteiger partial charge in [-0.3, -0.25) is 9.59 Å². The Bertz CT molecular complexity index is 331. The van der Waals surface area contributed by atoms with E-state index in [0.717, 1.165) is 6.42 Å². The minimum atomic E-state index is -0.814. The van der Waals surface area contributed by atoms with E-state index in [2.05, 4.69) is 5.32 Å². The first-order chi connectivity index (χ1) is 8.06. The SMILES string of the molecule is C[C@H](CC#N)[C@@H](NC(=O)[C@@H]1CCCO1)C(N)=O. The molecule has 0 aromatic heterocycles. The van der Waals surface area contributed by atoms with Gasteiger partial charge in [0, 0.05) is 13.0 Å². The third-order valence-corrected chi connectivity index (χ3v) is 2.81. The molecule has 2 amide bonds. The standard InChI is InChI=1S/C11H17N3O3/c1-7(4-5-12)9(10(13)15)14-11(16)8-3-2-6-17-8/h7-9H,2-4,6H2,1H3,(H2,13,15)(H,14,16)/t7-,8+,9-/m1/s1. The Morgan fingerprint density at radius 1 is 1.65 bits per heavy atom. The average molecular weight is 239 g/mol. The number of hydrogen-bond acceptors (Lipinski definition) is 4. The third kappa shape index (κ3) is 3.71. The van der Waals surface area contributed by atoms with Crippen molar-refractivity contribution < 1.29 is 14.3 Å². The number of nitrogens with two attached hydrogens (primary N) is 1. The number of carbonyl (C=O) groups excluding carboxylic acids is 2. The summed E-state index contributed by atoms with van der Waals surface area (Å²) in [6, 6.07) is 1.14. The molecule has 6 heteroatoms. The van der Waals surface area contributed by atoms with E-state index in [-0.39, 0.29) is 18.2 Å². The molecule has 3 atom stereocenters. The monoisotopic (exact) mass is 239 g/mol. The highest BCUT2D eigenvalue weighted by Crippen LogP contribution is 2.13. The lowest BCUT2D eigenvalue weighted by Crippen LogP contribution is -2.51. The van der Waals surface area contributed by atoms with Gasteiger partial charge in [-0.05, 0) is 18.8 Å². The Labute approximate surface area is 100 Å². The molecule has 0 saturated carbocycles. The molecule has 94 valence electrons. The number of nitriles is 1. The van der Waals surface area contributed by atoms with Crippen LogP contribution >= 0.6 is 0 Å². The zero-order chi connectivity index (χ0) is 12.8. The Morgan fingerprint density at radius 2 is 2.35 bits per heavy atom. The summed E-state index contributed by atoms with van der Waals surface area (Å²) in [6.45, 7) is 2.27. The molecule has 0 radical (unpaired) electrons. The Balaban J connectivity index is 2.57. The first-order valence-corrected chi connectivity index (χ1v) is 5.64. The van der Waals surface area contributed by atoms with Gasteiger partial charge in [0.15, 0.2) is 0 Å². The molecule has 1 heterocycles. The van der Waals surface area contributed by atoms with Gasteiger partial charge in [0.1, 0.15) is 12.1 Å². The van der Waals surface area contributed by atoms with Crippen molar-refractivity contribution in [1.29, 1.82) is 5.26 Å². The average Bonchev–Trinajstić information content (AvgIpc) is 2.78. The van der Waals surface area contributed by atoms with Gasteiger partial charge >= 0.3 is 0 Å². The van der Waals surface area contributed by atoms with Crippen LogP contribution in [0, 0.1) is 17.2 Å². The minimum absolute atomic E-state index is 0.166. The molecule has 1 aliphatic rings. The lowest BCUT2D eigenvalue weighted by molar-refractivity contribution is -0.134. The van der Waals surface area contributed by atoms with E-state index >= 15 is 0 Å². The fourth-order valence-corrected chi connectivity index (χ4v) is 1.79. The van der Waals surface area contributed by atoms with Gasteiger partial charge in [-0.15, -0.1) is 0 Å². The molecule has 1 aliphatic heterocycles. The largest absolute Gasteiger partial charge is 0.368 e. The summed E-state index contributed by atoms with van der Waals surface area (Å²) >= 11 is 0. The molecule has 0 bridgehead atoms. The number of rotatable bonds is 5. The van der Waals surface area contributed by atoms with Gasteiger partial charge in [-0.25, -0.2) is 0 Å². The van der Waals surface area contributed by atoms with Gasteiger partial charge in [0.25, 0.3) is 0 Å². The predicted octanol–water partition coefficient (Wildman–Crippen LogP) is -0.315. The second-order valence-corrected chi connectivity index (χ2v) is 4.23. The van der Waals surface area contributed by atoms with Crippen molar-refractivity contribution in [2.24, 2.45) is 11.7 Å². The van der Waals surface area contributed by atoms with Crippen LogP contribution in [0.25, 0.3) is 0 Å². The maximum atomic E-state index is 11.7. The highest BCUT2D eigenvalue weighted by Gasteiger charge is 2.30. The number of nitrogens with zero attached hydrogens (tertiary/aromatic N) is 1. The van der Waals surface area contributed by atoms with Gasteiger partial charge in [0.05, 0.1) is 6.07 Å². The van der Waals surface area contributed by atoms with Crippen molar-refractivity contribution in [3.05, 3.63) is 0 Å². The lowest BCUT2D eigenvalue weighted by Gasteiger charge is -2.21. The van der Waals surface area contributed by atoms with Crippen molar-refractivity contribution >= 4 is 11.8 Å². The molecular formula is C11H17N3O3. The van der Waals surface area contributed by atoms with E-state index in [1.807, 2.05) is 6.07 Å². The van der Waals surface area contributed by atoms with Gasteiger partial charge < -0.3 is 15.8 Å². The van der Waals surface area contributed by atoms with Crippen LogP contribution in [-0.4, -0.2) is 30.6 Å².